The summed E-state index contributed by atoms with van der Waals surface area (Å²) in [6.07, 6.45) is 1.84. The van der Waals surface area contributed by atoms with Crippen molar-refractivity contribution in [2.45, 2.75) is 19.1 Å². The van der Waals surface area contributed by atoms with Crippen molar-refractivity contribution in [3.8, 4) is 0 Å². The quantitative estimate of drug-likeness (QED) is 0.738. The number of nitrogens with one attached hydrogen (secondary N) is 1. The van der Waals surface area contributed by atoms with E-state index < -0.39 is 6.10 Å². The van der Waals surface area contributed by atoms with E-state index in [1.807, 2.05) is 24.3 Å². The number of benzene rings is 1. The van der Waals surface area contributed by atoms with Crippen molar-refractivity contribution in [2.75, 3.05) is 24.5 Å². The van der Waals surface area contributed by atoms with Crippen LogP contribution in [0.15, 0.2) is 42.7 Å². The molecule has 1 unspecified atom stereocenters. The number of carbonyl (C=O) groups excluding carboxylic acids is 1. The Labute approximate surface area is 156 Å². The minimum absolute atomic E-state index is 0.0213. The van der Waals surface area contributed by atoms with Gasteiger partial charge in [-0.25, -0.2) is 0 Å². The monoisotopic (exact) mass is 364 g/mol. The summed E-state index contributed by atoms with van der Waals surface area (Å²) >= 11 is 0. The summed E-state index contributed by atoms with van der Waals surface area (Å²) in [5.41, 5.74) is 3.11. The van der Waals surface area contributed by atoms with Gasteiger partial charge < -0.3 is 15.0 Å². The smallest absolute Gasteiger partial charge is 0.249 e. The standard InChI is InChI=1S/C19H20N6O2/c26-19(16-7-14-3-1-2-4-15(14)11-27-16)20-8-13-9-24(10-13)18-6-5-17-22-21-12-25(17)23-18/h1-6,12-13,16H,7-11H2,(H,20,26). The molecular weight excluding hydrogens is 344 g/mol. The molecule has 0 spiro atoms. The second kappa shape index (κ2) is 6.62. The van der Waals surface area contributed by atoms with Crippen molar-refractivity contribution in [1.82, 2.24) is 25.1 Å². The number of carbonyl (C=O) groups is 1. The highest BCUT2D eigenvalue weighted by atomic mass is 16.5. The molecule has 0 radical (unpaired) electrons. The maximum absolute atomic E-state index is 12.4. The fourth-order valence-electron chi connectivity index (χ4n) is 3.65. The zero-order chi connectivity index (χ0) is 18.2. The van der Waals surface area contributed by atoms with Gasteiger partial charge in [0.2, 0.25) is 5.91 Å². The topological polar surface area (TPSA) is 84.7 Å². The molecule has 0 aliphatic carbocycles. The summed E-state index contributed by atoms with van der Waals surface area (Å²) in [4.78, 5) is 14.6. The number of rotatable bonds is 4. The highest BCUT2D eigenvalue weighted by Gasteiger charge is 2.30. The van der Waals surface area contributed by atoms with E-state index in [2.05, 4.69) is 37.6 Å². The first-order valence-electron chi connectivity index (χ1n) is 9.14. The summed E-state index contributed by atoms with van der Waals surface area (Å²) in [6.45, 7) is 2.90. The molecule has 2 aromatic heterocycles. The number of amides is 1. The van der Waals surface area contributed by atoms with Gasteiger partial charge >= 0.3 is 0 Å². The van der Waals surface area contributed by atoms with Crippen LogP contribution in [-0.4, -0.2) is 51.5 Å². The van der Waals surface area contributed by atoms with Crippen LogP contribution in [0.25, 0.3) is 5.65 Å². The van der Waals surface area contributed by atoms with E-state index >= 15 is 0 Å². The Balaban J connectivity index is 1.12. The first kappa shape index (κ1) is 16.2. The molecule has 27 heavy (non-hydrogen) atoms. The van der Waals surface area contributed by atoms with Crippen LogP contribution < -0.4 is 10.2 Å². The lowest BCUT2D eigenvalue weighted by Gasteiger charge is -2.40. The molecule has 0 bridgehead atoms. The summed E-state index contributed by atoms with van der Waals surface area (Å²) in [7, 11) is 0. The van der Waals surface area contributed by atoms with Crippen LogP contribution >= 0.6 is 0 Å². The van der Waals surface area contributed by atoms with E-state index in [-0.39, 0.29) is 5.91 Å². The number of hydrogen-bond acceptors (Lipinski definition) is 6. The average molecular weight is 364 g/mol. The van der Waals surface area contributed by atoms with Gasteiger partial charge in [-0.1, -0.05) is 24.3 Å². The van der Waals surface area contributed by atoms with Gasteiger partial charge in [0, 0.05) is 32.0 Å². The fourth-order valence-corrected chi connectivity index (χ4v) is 3.65. The molecule has 1 fully saturated rings. The van der Waals surface area contributed by atoms with Crippen LogP contribution in [0, 0.1) is 5.92 Å². The lowest BCUT2D eigenvalue weighted by Crippen LogP contribution is -2.53. The minimum atomic E-state index is -0.395. The van der Waals surface area contributed by atoms with E-state index in [0.717, 1.165) is 24.6 Å². The number of nitrogens with zero attached hydrogens (tertiary/aromatic N) is 5. The van der Waals surface area contributed by atoms with Crippen LogP contribution in [0.2, 0.25) is 0 Å². The fraction of sp³-hybridized carbons (Fsp3) is 0.368. The normalized spacial score (nSPS) is 19.6. The first-order valence-corrected chi connectivity index (χ1v) is 9.14. The Kier molecular flexibility index (Phi) is 3.97. The SMILES string of the molecule is O=C(NCC1CN(c2ccc3nncn3n2)C1)C1Cc2ccccc2CO1. The molecule has 1 aromatic carbocycles. The van der Waals surface area contributed by atoms with Crippen LogP contribution in [0.4, 0.5) is 5.82 Å². The average Bonchev–Trinajstić information content (AvgIpc) is 3.14. The molecule has 3 aromatic rings. The predicted octanol–water partition coefficient (Wildman–Crippen LogP) is 0.818. The highest BCUT2D eigenvalue weighted by molar-refractivity contribution is 5.81. The van der Waals surface area contributed by atoms with Gasteiger partial charge in [-0.15, -0.1) is 15.3 Å². The summed E-state index contributed by atoms with van der Waals surface area (Å²) in [5.74, 6) is 1.30. The molecule has 5 rings (SSSR count). The van der Waals surface area contributed by atoms with E-state index in [0.29, 0.717) is 25.5 Å². The highest BCUT2D eigenvalue weighted by Crippen LogP contribution is 2.23. The van der Waals surface area contributed by atoms with Gasteiger partial charge in [0.25, 0.3) is 0 Å². The van der Waals surface area contributed by atoms with Gasteiger partial charge in [-0.2, -0.15) is 4.52 Å². The number of anilines is 1. The van der Waals surface area contributed by atoms with E-state index in [9.17, 15) is 4.79 Å². The maximum atomic E-state index is 12.4. The molecule has 0 saturated carbocycles. The molecule has 4 heterocycles. The molecule has 1 N–H and O–H groups in total. The molecule has 8 heteroatoms. The van der Waals surface area contributed by atoms with Gasteiger partial charge in [-0.3, -0.25) is 4.79 Å². The molecule has 2 aliphatic rings. The Morgan fingerprint density at radius 1 is 1.19 bits per heavy atom. The first-order chi connectivity index (χ1) is 13.3. The van der Waals surface area contributed by atoms with Crippen LogP contribution in [-0.2, 0) is 22.6 Å². The molecule has 138 valence electrons. The van der Waals surface area contributed by atoms with E-state index in [4.69, 9.17) is 4.74 Å². The Morgan fingerprint density at radius 3 is 2.93 bits per heavy atom. The van der Waals surface area contributed by atoms with Crippen molar-refractivity contribution >= 4 is 17.4 Å². The lowest BCUT2D eigenvalue weighted by molar-refractivity contribution is -0.134. The minimum Gasteiger partial charge on any atom is -0.363 e. The van der Waals surface area contributed by atoms with Crippen molar-refractivity contribution in [3.05, 3.63) is 53.9 Å². The number of ether oxygens (including phenoxy) is 1. The molecule has 1 amide bonds. The molecule has 1 atom stereocenters. The predicted molar refractivity (Wildman–Crippen MR) is 98.2 cm³/mol. The molecule has 8 nitrogen and oxygen atoms in total. The lowest BCUT2D eigenvalue weighted by atomic mass is 9.98. The summed E-state index contributed by atoms with van der Waals surface area (Å²) in [6, 6.07) is 12.0. The number of fused-ring (bicyclic) bond motifs is 2. The van der Waals surface area contributed by atoms with Crippen molar-refractivity contribution in [3.63, 3.8) is 0 Å². The van der Waals surface area contributed by atoms with Crippen molar-refractivity contribution in [1.29, 1.82) is 0 Å². The number of aromatic nitrogens is 4. The van der Waals surface area contributed by atoms with Crippen LogP contribution in [0.5, 0.6) is 0 Å². The third-order valence-electron chi connectivity index (χ3n) is 5.25. The third-order valence-corrected chi connectivity index (χ3v) is 5.25. The van der Waals surface area contributed by atoms with E-state index in [1.165, 1.54) is 11.1 Å². The molecule has 2 aliphatic heterocycles. The molecule has 1 saturated heterocycles. The van der Waals surface area contributed by atoms with Crippen LogP contribution in [0.1, 0.15) is 11.1 Å². The van der Waals surface area contributed by atoms with Crippen LogP contribution in [0.3, 0.4) is 0 Å². The van der Waals surface area contributed by atoms with E-state index in [1.54, 1.807) is 10.8 Å². The second-order valence-corrected chi connectivity index (χ2v) is 7.11. The third kappa shape index (κ3) is 3.12. The Morgan fingerprint density at radius 2 is 2.04 bits per heavy atom. The Bertz CT molecular complexity index is 981. The number of hydrogen-bond donors (Lipinski definition) is 1. The largest absolute Gasteiger partial charge is 0.363 e. The Hall–Kier alpha value is -3.00. The van der Waals surface area contributed by atoms with Crippen molar-refractivity contribution < 1.29 is 9.53 Å². The maximum Gasteiger partial charge on any atom is 0.249 e. The summed E-state index contributed by atoms with van der Waals surface area (Å²) < 4.78 is 7.40. The zero-order valence-electron chi connectivity index (χ0n) is 14.8. The van der Waals surface area contributed by atoms with Crippen molar-refractivity contribution in [2.24, 2.45) is 5.92 Å². The summed E-state index contributed by atoms with van der Waals surface area (Å²) in [5, 5.41) is 15.3. The second-order valence-electron chi connectivity index (χ2n) is 7.11. The van der Waals surface area contributed by atoms with Gasteiger partial charge in [-0.05, 0) is 23.3 Å². The van der Waals surface area contributed by atoms with Gasteiger partial charge in [0.15, 0.2) is 5.65 Å². The zero-order valence-corrected chi connectivity index (χ0v) is 14.8. The molecular formula is C19H20N6O2. The van der Waals surface area contributed by atoms with Gasteiger partial charge in [0.05, 0.1) is 6.61 Å². The van der Waals surface area contributed by atoms with Gasteiger partial charge in [0.1, 0.15) is 18.2 Å².